The lowest BCUT2D eigenvalue weighted by atomic mass is 9.92. The van der Waals surface area contributed by atoms with Gasteiger partial charge in [0.25, 0.3) is 5.69 Å². The van der Waals surface area contributed by atoms with Crippen LogP contribution in [0.1, 0.15) is 44.6 Å². The Kier molecular flexibility index (Phi) is 9.31. The van der Waals surface area contributed by atoms with Crippen LogP contribution in [0.5, 0.6) is 5.88 Å². The van der Waals surface area contributed by atoms with E-state index in [1.807, 2.05) is 18.2 Å². The summed E-state index contributed by atoms with van der Waals surface area (Å²) in [6.07, 6.45) is -1.02. The third-order valence-electron chi connectivity index (χ3n) is 6.96. The summed E-state index contributed by atoms with van der Waals surface area (Å²) in [6, 6.07) is 8.71. The van der Waals surface area contributed by atoms with Crippen molar-refractivity contribution in [1.29, 1.82) is 0 Å². The fraction of sp³-hybridized carbons (Fsp3) is 0.538. The second-order valence-electron chi connectivity index (χ2n) is 9.76. The van der Waals surface area contributed by atoms with E-state index >= 15 is 0 Å². The van der Waals surface area contributed by atoms with E-state index in [1.54, 1.807) is 0 Å². The molecule has 0 amide bonds. The summed E-state index contributed by atoms with van der Waals surface area (Å²) in [4.78, 5) is 19.1. The first-order chi connectivity index (χ1) is 18.6. The highest BCUT2D eigenvalue weighted by molar-refractivity contribution is 7.80. The standard InChI is InChI=1S/C26H33F3N6O3S/c1-2-12-30-25(39)34-15-13-33(14-16-34)23-4-3-5-24(32-23)38-20-9-6-18(7-10-20)31-19-8-11-22(35(36)37)21(17-19)26(27,28)29/h3-5,8,11,17-18,20,31H,2,6-7,9-10,12-16H2,1H3,(H,30,39)/t18-,20-. The van der Waals surface area contributed by atoms with Crippen LogP contribution in [-0.4, -0.2) is 64.8 Å². The molecular formula is C26H33F3N6O3S. The monoisotopic (exact) mass is 566 g/mol. The fourth-order valence-corrected chi connectivity index (χ4v) is 5.16. The van der Waals surface area contributed by atoms with Gasteiger partial charge in [0.15, 0.2) is 5.11 Å². The lowest BCUT2D eigenvalue weighted by molar-refractivity contribution is -0.388. The number of hydrogen-bond donors (Lipinski definition) is 2. The number of halogens is 3. The van der Waals surface area contributed by atoms with Gasteiger partial charge in [-0.05, 0) is 62.5 Å². The van der Waals surface area contributed by atoms with Gasteiger partial charge in [-0.2, -0.15) is 18.2 Å². The zero-order chi connectivity index (χ0) is 28.0. The minimum atomic E-state index is -4.81. The highest BCUT2D eigenvalue weighted by Crippen LogP contribution is 2.38. The molecule has 0 bridgehead atoms. The van der Waals surface area contributed by atoms with Crippen molar-refractivity contribution >= 4 is 34.5 Å². The maximum Gasteiger partial charge on any atom is 0.423 e. The van der Waals surface area contributed by atoms with Crippen molar-refractivity contribution < 1.29 is 22.8 Å². The van der Waals surface area contributed by atoms with Crippen molar-refractivity contribution in [2.75, 3.05) is 42.9 Å². The molecule has 1 saturated heterocycles. The molecule has 1 saturated carbocycles. The lowest BCUT2D eigenvalue weighted by Gasteiger charge is -2.37. The summed E-state index contributed by atoms with van der Waals surface area (Å²) in [7, 11) is 0. The van der Waals surface area contributed by atoms with Crippen LogP contribution < -0.4 is 20.3 Å². The van der Waals surface area contributed by atoms with Crippen LogP contribution in [0.3, 0.4) is 0 Å². The number of alkyl halides is 3. The molecule has 1 aliphatic heterocycles. The summed E-state index contributed by atoms with van der Waals surface area (Å²) in [5.74, 6) is 1.41. The van der Waals surface area contributed by atoms with E-state index in [-0.39, 0.29) is 17.8 Å². The van der Waals surface area contributed by atoms with Crippen LogP contribution in [0.15, 0.2) is 36.4 Å². The van der Waals surface area contributed by atoms with Gasteiger partial charge in [0.1, 0.15) is 17.5 Å². The number of nitro groups is 1. The van der Waals surface area contributed by atoms with Crippen LogP contribution in [0, 0.1) is 10.1 Å². The number of benzene rings is 1. The minimum Gasteiger partial charge on any atom is -0.474 e. The van der Waals surface area contributed by atoms with Crippen LogP contribution in [0.2, 0.25) is 0 Å². The van der Waals surface area contributed by atoms with E-state index in [0.29, 0.717) is 31.6 Å². The number of nitrogens with one attached hydrogen (secondary N) is 2. The first kappa shape index (κ1) is 28.7. The largest absolute Gasteiger partial charge is 0.474 e. The quantitative estimate of drug-likeness (QED) is 0.253. The maximum atomic E-state index is 13.3. The molecule has 2 aromatic rings. The van der Waals surface area contributed by atoms with Gasteiger partial charge in [0, 0.05) is 56.6 Å². The van der Waals surface area contributed by atoms with Crippen molar-refractivity contribution in [3.8, 4) is 5.88 Å². The first-order valence-electron chi connectivity index (χ1n) is 13.2. The zero-order valence-corrected chi connectivity index (χ0v) is 22.6. The molecule has 2 aliphatic rings. The average molecular weight is 567 g/mol. The Morgan fingerprint density at radius 1 is 1.15 bits per heavy atom. The Bertz CT molecular complexity index is 1150. The molecule has 0 spiro atoms. The molecule has 39 heavy (non-hydrogen) atoms. The van der Waals surface area contributed by atoms with Gasteiger partial charge >= 0.3 is 6.18 Å². The van der Waals surface area contributed by atoms with Gasteiger partial charge in [-0.1, -0.05) is 13.0 Å². The van der Waals surface area contributed by atoms with E-state index in [4.69, 9.17) is 21.9 Å². The van der Waals surface area contributed by atoms with Gasteiger partial charge < -0.3 is 25.2 Å². The number of piperazine rings is 1. The molecular weight excluding hydrogens is 533 g/mol. The van der Waals surface area contributed by atoms with Crippen molar-refractivity contribution in [1.82, 2.24) is 15.2 Å². The summed E-state index contributed by atoms with van der Waals surface area (Å²) in [5, 5.41) is 18.2. The topological polar surface area (TPSA) is 95.8 Å². The van der Waals surface area contributed by atoms with Gasteiger partial charge in [0.2, 0.25) is 5.88 Å². The molecule has 2 heterocycles. The molecule has 2 fully saturated rings. The van der Waals surface area contributed by atoms with Gasteiger partial charge in [-0.15, -0.1) is 0 Å². The molecule has 13 heteroatoms. The molecule has 4 rings (SSSR count). The number of nitro benzene ring substituents is 1. The number of rotatable bonds is 8. The molecule has 1 aliphatic carbocycles. The van der Waals surface area contributed by atoms with Gasteiger partial charge in [-0.3, -0.25) is 10.1 Å². The SMILES string of the molecule is CCCNC(=S)N1CCN(c2cccc(O[C@H]3CC[C@H](Nc4ccc([N+](=O)[O-])c(C(F)(F)F)c4)CC3)n2)CC1. The molecule has 1 aromatic carbocycles. The van der Waals surface area contributed by atoms with Crippen molar-refractivity contribution in [2.24, 2.45) is 0 Å². The average Bonchev–Trinajstić information content (AvgIpc) is 2.92. The van der Waals surface area contributed by atoms with Crippen molar-refractivity contribution in [2.45, 2.75) is 57.3 Å². The third-order valence-corrected chi connectivity index (χ3v) is 7.36. The summed E-state index contributed by atoms with van der Waals surface area (Å²) >= 11 is 5.47. The number of aromatic nitrogens is 1. The van der Waals surface area contributed by atoms with E-state index in [1.165, 1.54) is 6.07 Å². The Hall–Kier alpha value is -3.35. The van der Waals surface area contributed by atoms with E-state index in [9.17, 15) is 23.3 Å². The summed E-state index contributed by atoms with van der Waals surface area (Å²) < 4.78 is 46.0. The van der Waals surface area contributed by atoms with Gasteiger partial charge in [-0.25, -0.2) is 0 Å². The van der Waals surface area contributed by atoms with Crippen LogP contribution >= 0.6 is 12.2 Å². The first-order valence-corrected chi connectivity index (χ1v) is 13.6. The number of thiocarbonyl (C=S) groups is 1. The number of ether oxygens (including phenoxy) is 1. The van der Waals surface area contributed by atoms with Crippen LogP contribution in [0.25, 0.3) is 0 Å². The number of nitrogens with zero attached hydrogens (tertiary/aromatic N) is 4. The molecule has 1 aromatic heterocycles. The van der Waals surface area contributed by atoms with E-state index < -0.39 is 22.4 Å². The molecule has 212 valence electrons. The summed E-state index contributed by atoms with van der Waals surface area (Å²) in [6.45, 7) is 6.22. The second-order valence-corrected chi connectivity index (χ2v) is 10.1. The smallest absolute Gasteiger partial charge is 0.423 e. The molecule has 0 unspecified atom stereocenters. The van der Waals surface area contributed by atoms with Crippen molar-refractivity contribution in [3.05, 3.63) is 52.1 Å². The molecule has 9 nitrogen and oxygen atoms in total. The number of hydrogen-bond acceptors (Lipinski definition) is 7. The van der Waals surface area contributed by atoms with E-state index in [0.717, 1.165) is 62.2 Å². The Balaban J connectivity index is 1.27. The number of anilines is 2. The molecule has 0 atom stereocenters. The lowest BCUT2D eigenvalue weighted by Crippen LogP contribution is -2.52. The Morgan fingerprint density at radius 2 is 1.87 bits per heavy atom. The normalized spacial score (nSPS) is 19.9. The van der Waals surface area contributed by atoms with Gasteiger partial charge in [0.05, 0.1) is 4.92 Å². The highest BCUT2D eigenvalue weighted by Gasteiger charge is 2.38. The summed E-state index contributed by atoms with van der Waals surface area (Å²) in [5.41, 5.74) is -1.99. The molecule has 2 N–H and O–H groups in total. The second kappa shape index (κ2) is 12.7. The third kappa shape index (κ3) is 7.61. The molecule has 0 radical (unpaired) electrons. The Labute approximate surface area is 230 Å². The fourth-order valence-electron chi connectivity index (χ4n) is 4.87. The minimum absolute atomic E-state index is 0.0488. The van der Waals surface area contributed by atoms with E-state index in [2.05, 4.69) is 27.4 Å². The van der Waals surface area contributed by atoms with Crippen LogP contribution in [0.4, 0.5) is 30.4 Å². The maximum absolute atomic E-state index is 13.3. The van der Waals surface area contributed by atoms with Crippen LogP contribution in [-0.2, 0) is 6.18 Å². The number of pyridine rings is 1. The zero-order valence-electron chi connectivity index (χ0n) is 21.7. The van der Waals surface area contributed by atoms with Crippen molar-refractivity contribution in [3.63, 3.8) is 0 Å². The Morgan fingerprint density at radius 3 is 2.51 bits per heavy atom. The predicted octanol–water partition coefficient (Wildman–Crippen LogP) is 5.22. The highest BCUT2D eigenvalue weighted by atomic mass is 32.1. The predicted molar refractivity (Wildman–Crippen MR) is 147 cm³/mol.